The Morgan fingerprint density at radius 2 is 2.21 bits per heavy atom. The fourth-order valence-corrected chi connectivity index (χ4v) is 3.31. The molecule has 0 aromatic rings. The summed E-state index contributed by atoms with van der Waals surface area (Å²) in [4.78, 5) is 2.64. The average Bonchev–Trinajstić information content (AvgIpc) is 2.74. The van der Waals surface area contributed by atoms with E-state index in [0.29, 0.717) is 5.41 Å². The van der Waals surface area contributed by atoms with Gasteiger partial charge in [0.15, 0.2) is 0 Å². The Labute approximate surface area is 87.8 Å². The minimum absolute atomic E-state index is 0.661. The highest BCUT2D eigenvalue weighted by atomic mass is 15.2. The van der Waals surface area contributed by atoms with E-state index in [1.165, 1.54) is 38.8 Å². The van der Waals surface area contributed by atoms with Gasteiger partial charge in [-0.1, -0.05) is 0 Å². The van der Waals surface area contributed by atoms with E-state index >= 15 is 0 Å². The predicted octanol–water partition coefficient (Wildman–Crippen LogP) is 1.85. The minimum Gasteiger partial charge on any atom is -0.330 e. The van der Waals surface area contributed by atoms with Gasteiger partial charge in [-0.3, -0.25) is 0 Å². The first-order valence-corrected chi connectivity index (χ1v) is 6.09. The molecule has 1 saturated heterocycles. The summed E-state index contributed by atoms with van der Waals surface area (Å²) in [5, 5.41) is 0. The number of nitrogens with zero attached hydrogens (tertiary/aromatic N) is 1. The van der Waals surface area contributed by atoms with Gasteiger partial charge in [0.2, 0.25) is 0 Å². The first-order valence-electron chi connectivity index (χ1n) is 6.09. The van der Waals surface area contributed by atoms with Gasteiger partial charge in [-0.15, -0.1) is 0 Å². The Morgan fingerprint density at radius 1 is 1.43 bits per heavy atom. The summed E-state index contributed by atoms with van der Waals surface area (Å²) in [5.41, 5.74) is 6.43. The van der Waals surface area contributed by atoms with Crippen molar-refractivity contribution in [1.82, 2.24) is 4.90 Å². The summed E-state index contributed by atoms with van der Waals surface area (Å²) in [6, 6.07) is 0.728. The second-order valence-electron chi connectivity index (χ2n) is 5.66. The van der Waals surface area contributed by atoms with Crippen molar-refractivity contribution in [1.29, 1.82) is 0 Å². The normalized spacial score (nSPS) is 39.0. The molecule has 2 nitrogen and oxygen atoms in total. The van der Waals surface area contributed by atoms with Gasteiger partial charge < -0.3 is 10.6 Å². The number of nitrogens with two attached hydrogens (primary N) is 1. The molecule has 2 heteroatoms. The zero-order valence-electron chi connectivity index (χ0n) is 9.63. The Bertz CT molecular complexity index is 202. The lowest BCUT2D eigenvalue weighted by atomic mass is 9.84. The first-order chi connectivity index (χ1) is 6.65. The van der Waals surface area contributed by atoms with Crippen molar-refractivity contribution >= 4 is 0 Å². The summed E-state index contributed by atoms with van der Waals surface area (Å²) in [6.45, 7) is 8.18. The van der Waals surface area contributed by atoms with Crippen molar-refractivity contribution in [3.63, 3.8) is 0 Å². The molecule has 2 aliphatic rings. The van der Waals surface area contributed by atoms with E-state index in [1.54, 1.807) is 0 Å². The van der Waals surface area contributed by atoms with E-state index in [4.69, 9.17) is 5.73 Å². The van der Waals surface area contributed by atoms with E-state index in [-0.39, 0.29) is 0 Å². The molecule has 0 aromatic heterocycles. The van der Waals surface area contributed by atoms with Crippen LogP contribution >= 0.6 is 0 Å². The maximum Gasteiger partial charge on any atom is 0.00413 e. The topological polar surface area (TPSA) is 29.3 Å². The van der Waals surface area contributed by atoms with Crippen LogP contribution in [0.15, 0.2) is 0 Å². The lowest BCUT2D eigenvalue weighted by molar-refractivity contribution is 0.221. The fraction of sp³-hybridized carbons (Fsp3) is 1.00. The molecule has 2 rings (SSSR count). The summed E-state index contributed by atoms with van der Waals surface area (Å²) >= 11 is 0. The van der Waals surface area contributed by atoms with Crippen LogP contribution in [0.2, 0.25) is 0 Å². The van der Waals surface area contributed by atoms with Crippen molar-refractivity contribution in [2.45, 2.75) is 45.6 Å². The minimum atomic E-state index is 0.661. The van der Waals surface area contributed by atoms with Gasteiger partial charge in [-0.05, 0) is 64.0 Å². The molecular weight excluding hydrogens is 172 g/mol. The number of hydrogen-bond acceptors (Lipinski definition) is 2. The molecule has 2 N–H and O–H groups in total. The average molecular weight is 196 g/mol. The van der Waals surface area contributed by atoms with E-state index in [1.807, 2.05) is 0 Å². The number of hydrogen-bond donors (Lipinski definition) is 1. The monoisotopic (exact) mass is 196 g/mol. The molecule has 1 aliphatic carbocycles. The van der Waals surface area contributed by atoms with Gasteiger partial charge in [0, 0.05) is 12.6 Å². The molecule has 1 heterocycles. The largest absolute Gasteiger partial charge is 0.330 e. The molecule has 2 atom stereocenters. The predicted molar refractivity (Wildman–Crippen MR) is 60.2 cm³/mol. The van der Waals surface area contributed by atoms with Crippen LogP contribution in [-0.2, 0) is 0 Å². The Hall–Kier alpha value is -0.0800. The lowest BCUT2D eigenvalue weighted by Crippen LogP contribution is -2.31. The molecule has 2 fully saturated rings. The molecule has 1 spiro atoms. The van der Waals surface area contributed by atoms with Crippen LogP contribution in [-0.4, -0.2) is 30.6 Å². The molecule has 0 amide bonds. The summed E-state index contributed by atoms with van der Waals surface area (Å²) in [7, 11) is 0. The molecule has 82 valence electrons. The maximum absolute atomic E-state index is 5.77. The third-order valence-electron chi connectivity index (χ3n) is 4.34. The van der Waals surface area contributed by atoms with E-state index in [9.17, 15) is 0 Å². The second-order valence-corrected chi connectivity index (χ2v) is 5.66. The van der Waals surface area contributed by atoms with E-state index in [2.05, 4.69) is 18.7 Å². The first kappa shape index (κ1) is 10.4. The number of rotatable bonds is 2. The molecule has 14 heavy (non-hydrogen) atoms. The van der Waals surface area contributed by atoms with Crippen molar-refractivity contribution in [3.8, 4) is 0 Å². The molecule has 0 aromatic carbocycles. The fourth-order valence-electron chi connectivity index (χ4n) is 3.31. The highest BCUT2D eigenvalue weighted by molar-refractivity contribution is 4.96. The van der Waals surface area contributed by atoms with Crippen molar-refractivity contribution in [2.24, 2.45) is 17.1 Å². The highest BCUT2D eigenvalue weighted by Gasteiger charge is 2.43. The molecule has 1 aliphatic heterocycles. The smallest absolute Gasteiger partial charge is 0.00413 e. The molecule has 0 unspecified atom stereocenters. The van der Waals surface area contributed by atoms with E-state index < -0.39 is 0 Å². The quantitative estimate of drug-likeness (QED) is 0.730. The van der Waals surface area contributed by atoms with Gasteiger partial charge >= 0.3 is 0 Å². The Balaban J connectivity index is 1.94. The van der Waals surface area contributed by atoms with Crippen molar-refractivity contribution in [3.05, 3.63) is 0 Å². The molecule has 0 bridgehead atoms. The van der Waals surface area contributed by atoms with Gasteiger partial charge in [0.05, 0.1) is 0 Å². The van der Waals surface area contributed by atoms with Crippen molar-refractivity contribution in [2.75, 3.05) is 19.6 Å². The summed E-state index contributed by atoms with van der Waals surface area (Å²) in [6.07, 6.45) is 5.62. The van der Waals surface area contributed by atoms with Crippen LogP contribution in [0.4, 0.5) is 0 Å². The number of likely N-dealkylation sites (tertiary alicyclic amines) is 1. The zero-order valence-corrected chi connectivity index (χ0v) is 9.63. The van der Waals surface area contributed by atoms with Crippen LogP contribution in [0.3, 0.4) is 0 Å². The standard InChI is InChI=1S/C12H24N2/c1-10(2)14-6-5-12(9-14)4-3-11(7-12)8-13/h10-11H,3-9,13H2,1-2H3/t11-,12+/m0/s1. The van der Waals surface area contributed by atoms with E-state index in [0.717, 1.165) is 18.5 Å². The van der Waals surface area contributed by atoms with Crippen LogP contribution in [0.1, 0.15) is 39.5 Å². The van der Waals surface area contributed by atoms with Gasteiger partial charge in [0.1, 0.15) is 0 Å². The zero-order chi connectivity index (χ0) is 10.2. The second kappa shape index (κ2) is 3.82. The Morgan fingerprint density at radius 3 is 2.71 bits per heavy atom. The van der Waals surface area contributed by atoms with Gasteiger partial charge in [-0.25, -0.2) is 0 Å². The third kappa shape index (κ3) is 1.82. The van der Waals surface area contributed by atoms with Crippen LogP contribution < -0.4 is 5.73 Å². The van der Waals surface area contributed by atoms with Crippen LogP contribution in [0.25, 0.3) is 0 Å². The van der Waals surface area contributed by atoms with Gasteiger partial charge in [-0.2, -0.15) is 0 Å². The summed E-state index contributed by atoms with van der Waals surface area (Å²) in [5.74, 6) is 0.821. The third-order valence-corrected chi connectivity index (χ3v) is 4.34. The lowest BCUT2D eigenvalue weighted by Gasteiger charge is -2.26. The van der Waals surface area contributed by atoms with Crippen molar-refractivity contribution < 1.29 is 0 Å². The van der Waals surface area contributed by atoms with Crippen LogP contribution in [0.5, 0.6) is 0 Å². The van der Waals surface area contributed by atoms with Crippen LogP contribution in [0, 0.1) is 11.3 Å². The Kier molecular flexibility index (Phi) is 2.85. The molecular formula is C12H24N2. The molecule has 0 radical (unpaired) electrons. The summed E-state index contributed by atoms with van der Waals surface area (Å²) < 4.78 is 0. The maximum atomic E-state index is 5.77. The molecule has 1 saturated carbocycles. The van der Waals surface area contributed by atoms with Gasteiger partial charge in [0.25, 0.3) is 0 Å². The highest BCUT2D eigenvalue weighted by Crippen LogP contribution is 2.48. The SMILES string of the molecule is CC(C)N1CC[C@@]2(CC[C@H](CN)C2)C1.